The van der Waals surface area contributed by atoms with Gasteiger partial charge in [0.15, 0.2) is 0 Å². The van der Waals surface area contributed by atoms with Gasteiger partial charge in [-0.3, -0.25) is 0 Å². The van der Waals surface area contributed by atoms with Crippen LogP contribution < -0.4 is 15.9 Å². The molecule has 0 atom stereocenters. The van der Waals surface area contributed by atoms with Crippen LogP contribution in [-0.4, -0.2) is 19.1 Å². The van der Waals surface area contributed by atoms with Crippen molar-refractivity contribution in [2.75, 3.05) is 6.16 Å². The third kappa shape index (κ3) is 3.63. The number of hydrogen-bond acceptors (Lipinski definition) is 3. The van der Waals surface area contributed by atoms with Crippen LogP contribution >= 0.6 is 6.83 Å². The van der Waals surface area contributed by atoms with Crippen LogP contribution in [0.3, 0.4) is 0 Å². The average Bonchev–Trinajstić information content (AvgIpc) is 2.72. The first-order chi connectivity index (χ1) is 13.4. The van der Waals surface area contributed by atoms with Crippen molar-refractivity contribution in [1.82, 2.24) is 0 Å². The Morgan fingerprint density at radius 2 is 1.11 bits per heavy atom. The van der Waals surface area contributed by atoms with Gasteiger partial charge in [-0.25, -0.2) is 0 Å². The zero-order chi connectivity index (χ0) is 20.1. The van der Waals surface area contributed by atoms with Gasteiger partial charge in [-0.05, 0) is 0 Å². The van der Waals surface area contributed by atoms with E-state index in [9.17, 15) is 13.0 Å². The Bertz CT molecular complexity index is 907. The normalized spacial score (nSPS) is 13.6. The van der Waals surface area contributed by atoms with E-state index in [-0.39, 0.29) is 0 Å². The molecule has 0 heterocycles. The van der Waals surface area contributed by atoms with Gasteiger partial charge in [-0.2, -0.15) is 0 Å². The summed E-state index contributed by atoms with van der Waals surface area (Å²) in [6.45, 7) is -1.93. The molecule has 0 aliphatic carbocycles. The molecule has 1 N–H and O–H groups in total. The summed E-state index contributed by atoms with van der Waals surface area (Å²) >= 11 is 0. The zero-order valence-electron chi connectivity index (χ0n) is 15.8. The van der Waals surface area contributed by atoms with Crippen LogP contribution in [0.5, 0.6) is 0 Å². The monoisotopic (exact) mass is 416 g/mol. The van der Waals surface area contributed by atoms with Gasteiger partial charge in [0.05, 0.1) is 0 Å². The second-order valence-electron chi connectivity index (χ2n) is 6.80. The molecule has 28 heavy (non-hydrogen) atoms. The minimum atomic E-state index is -4.76. The summed E-state index contributed by atoms with van der Waals surface area (Å²) in [5.74, 6) is 0. The molecule has 0 bridgehead atoms. The Hall–Kier alpha value is -2.04. The van der Waals surface area contributed by atoms with Gasteiger partial charge in [0, 0.05) is 0 Å². The van der Waals surface area contributed by atoms with Crippen molar-refractivity contribution in [3.05, 3.63) is 91.0 Å². The number of rotatable bonds is 8. The summed E-state index contributed by atoms with van der Waals surface area (Å²) in [5, 5.41) is 2.32. The molecule has 3 aromatic rings. The van der Waals surface area contributed by atoms with Crippen molar-refractivity contribution >= 4 is 33.1 Å². The van der Waals surface area contributed by atoms with E-state index in [1.807, 2.05) is 91.0 Å². The second kappa shape index (κ2) is 8.14. The maximum atomic E-state index is 12.3. The van der Waals surface area contributed by atoms with Crippen LogP contribution in [-0.2, 0) is 14.4 Å². The van der Waals surface area contributed by atoms with Gasteiger partial charge in [0.2, 0.25) is 0 Å². The molecule has 3 aromatic carbocycles. The summed E-state index contributed by atoms with van der Waals surface area (Å²) in [4.78, 5) is 0. The first-order valence-electron chi connectivity index (χ1n) is 9.29. The third-order valence-electron chi connectivity index (χ3n) is 5.10. The molecule has 0 saturated carbocycles. The van der Waals surface area contributed by atoms with Crippen LogP contribution in [0, 0.1) is 0 Å². The fourth-order valence-electron chi connectivity index (χ4n) is 3.90. The van der Waals surface area contributed by atoms with Crippen molar-refractivity contribution in [3.63, 3.8) is 0 Å². The number of unbranched alkanes of at least 4 members (excludes halogenated alkanes) is 1. The molecule has 0 amide bonds. The zero-order valence-corrected chi connectivity index (χ0v) is 17.5. The van der Waals surface area contributed by atoms with E-state index < -0.39 is 17.2 Å². The standard InChI is InChI=1S/C22H25O4PS/c1-2-3-19-27(26-28(23,24)25,20-13-7-4-8-14-20,21-15-9-5-10-16-21)22-17-11-6-12-18-22/h4-18H,2-3,19H2,1H3,(H,23,24,25). The molecule has 0 saturated heterocycles. The molecular formula is C22H25O4PS. The van der Waals surface area contributed by atoms with E-state index in [2.05, 4.69) is 6.92 Å². The van der Waals surface area contributed by atoms with E-state index in [1.54, 1.807) is 0 Å². The number of hydrogen-bond donors (Lipinski definition) is 1. The molecule has 3 rings (SSSR count). The Labute approximate surface area is 167 Å². The van der Waals surface area contributed by atoms with Crippen molar-refractivity contribution in [3.8, 4) is 0 Å². The van der Waals surface area contributed by atoms with Gasteiger partial charge in [-0.1, -0.05) is 0 Å². The van der Waals surface area contributed by atoms with E-state index in [1.165, 1.54) is 0 Å². The van der Waals surface area contributed by atoms with E-state index >= 15 is 0 Å². The molecule has 0 aliphatic heterocycles. The molecule has 148 valence electrons. The second-order valence-corrected chi connectivity index (χ2v) is 12.7. The molecule has 0 aromatic heterocycles. The first-order valence-corrected chi connectivity index (χ1v) is 13.0. The molecule has 0 unspecified atom stereocenters. The van der Waals surface area contributed by atoms with Crippen molar-refractivity contribution < 1.29 is 16.9 Å². The number of benzene rings is 3. The maximum absolute atomic E-state index is 12.3. The summed E-state index contributed by atoms with van der Waals surface area (Å²) in [6, 6.07) is 28.3. The van der Waals surface area contributed by atoms with Gasteiger partial charge >= 0.3 is 167 Å². The Kier molecular flexibility index (Phi) is 6.01. The van der Waals surface area contributed by atoms with Crippen LogP contribution in [0.25, 0.3) is 0 Å². The van der Waals surface area contributed by atoms with Gasteiger partial charge in [0.25, 0.3) is 0 Å². The fraction of sp³-hybridized carbons (Fsp3) is 0.182. The summed E-state index contributed by atoms with van der Waals surface area (Å²) < 4.78 is 40.5. The van der Waals surface area contributed by atoms with Crippen LogP contribution in [0.15, 0.2) is 91.0 Å². The van der Waals surface area contributed by atoms with Crippen LogP contribution in [0.4, 0.5) is 0 Å². The molecule has 6 heteroatoms. The SMILES string of the molecule is CCCCP(OS(=O)(=O)O)(c1ccccc1)(c1ccccc1)c1ccccc1. The topological polar surface area (TPSA) is 63.6 Å². The summed E-state index contributed by atoms with van der Waals surface area (Å²) in [5.41, 5.74) is 0. The Balaban J connectivity index is 2.54. The van der Waals surface area contributed by atoms with Gasteiger partial charge in [0.1, 0.15) is 0 Å². The van der Waals surface area contributed by atoms with E-state index in [0.717, 1.165) is 28.8 Å². The van der Waals surface area contributed by atoms with Crippen LogP contribution in [0.2, 0.25) is 0 Å². The molecule has 0 radical (unpaired) electrons. The summed E-state index contributed by atoms with van der Waals surface area (Å²) in [7, 11) is -4.76. The predicted octanol–water partition coefficient (Wildman–Crippen LogP) is 4.05. The molecular weight excluding hydrogens is 391 g/mol. The summed E-state index contributed by atoms with van der Waals surface area (Å²) in [6.07, 6.45) is 2.07. The Morgan fingerprint density at radius 3 is 1.39 bits per heavy atom. The molecule has 0 fully saturated rings. The van der Waals surface area contributed by atoms with E-state index in [0.29, 0.717) is 6.16 Å². The predicted molar refractivity (Wildman–Crippen MR) is 118 cm³/mol. The van der Waals surface area contributed by atoms with E-state index in [4.69, 9.17) is 3.97 Å². The Morgan fingerprint density at radius 1 is 0.750 bits per heavy atom. The minimum absolute atomic E-state index is 0.472. The molecule has 4 nitrogen and oxygen atoms in total. The molecule has 0 aliphatic rings. The fourth-order valence-corrected chi connectivity index (χ4v) is 11.9. The van der Waals surface area contributed by atoms with Gasteiger partial charge in [-0.15, -0.1) is 0 Å². The average molecular weight is 416 g/mol. The quantitative estimate of drug-likeness (QED) is 0.445. The van der Waals surface area contributed by atoms with Crippen molar-refractivity contribution in [1.29, 1.82) is 0 Å². The van der Waals surface area contributed by atoms with Gasteiger partial charge < -0.3 is 0 Å². The van der Waals surface area contributed by atoms with Crippen molar-refractivity contribution in [2.45, 2.75) is 19.8 Å². The molecule has 0 spiro atoms. The van der Waals surface area contributed by atoms with Crippen molar-refractivity contribution in [2.24, 2.45) is 0 Å². The third-order valence-corrected chi connectivity index (χ3v) is 12.5. The first kappa shape index (κ1) is 20.7. The van der Waals surface area contributed by atoms with Crippen LogP contribution in [0.1, 0.15) is 19.8 Å².